The van der Waals surface area contributed by atoms with Crippen molar-refractivity contribution in [1.29, 1.82) is 0 Å². The molecule has 0 saturated heterocycles. The van der Waals surface area contributed by atoms with Crippen molar-refractivity contribution in [2.45, 2.75) is 128 Å². The first-order valence-corrected chi connectivity index (χ1v) is 18.3. The van der Waals surface area contributed by atoms with Crippen molar-refractivity contribution in [2.24, 2.45) is 0 Å². The second-order valence-corrected chi connectivity index (χ2v) is 14.6. The van der Waals surface area contributed by atoms with Crippen molar-refractivity contribution >= 4 is 17.1 Å². The first-order chi connectivity index (χ1) is 22.1. The van der Waals surface area contributed by atoms with Gasteiger partial charge in [-0.25, -0.2) is 0 Å². The van der Waals surface area contributed by atoms with E-state index in [2.05, 4.69) is 111 Å². The van der Waals surface area contributed by atoms with E-state index in [0.717, 1.165) is 12.8 Å². The van der Waals surface area contributed by atoms with E-state index in [1.54, 1.807) is 11.1 Å². The molecule has 0 amide bonds. The molecule has 2 atom stereocenters. The monoisotopic (exact) mass is 595 g/mol. The molecule has 2 fully saturated rings. The number of fused-ring (bicyclic) bond motifs is 3. The lowest BCUT2D eigenvalue weighted by molar-refractivity contribution is 0.105. The molecule has 0 unspecified atom stereocenters. The zero-order valence-electron chi connectivity index (χ0n) is 28.1. The SMILES string of the molecule is CCCCCCc1cccc(N(c2cccc(CCCCCC)c2)c2ccc3c(c2)[C@@]24CCC[C@@]2(CC4)c2cc(C)ccc2-3)c1. The number of hydrogen-bond donors (Lipinski definition) is 0. The summed E-state index contributed by atoms with van der Waals surface area (Å²) < 4.78 is 0. The van der Waals surface area contributed by atoms with E-state index in [9.17, 15) is 0 Å². The van der Waals surface area contributed by atoms with Gasteiger partial charge in [0.05, 0.1) is 0 Å². The van der Waals surface area contributed by atoms with Gasteiger partial charge in [-0.1, -0.05) is 113 Å². The van der Waals surface area contributed by atoms with Gasteiger partial charge in [-0.15, -0.1) is 0 Å². The molecule has 0 radical (unpaired) electrons. The van der Waals surface area contributed by atoms with E-state index in [4.69, 9.17) is 0 Å². The van der Waals surface area contributed by atoms with Crippen molar-refractivity contribution < 1.29 is 0 Å². The summed E-state index contributed by atoms with van der Waals surface area (Å²) in [6.45, 7) is 6.87. The molecule has 0 spiro atoms. The fraction of sp³-hybridized carbons (Fsp3) is 0.455. The smallest absolute Gasteiger partial charge is 0.0465 e. The first kappa shape index (κ1) is 30.3. The van der Waals surface area contributed by atoms with Crippen LogP contribution in [-0.4, -0.2) is 0 Å². The van der Waals surface area contributed by atoms with Crippen LogP contribution in [0.1, 0.15) is 125 Å². The zero-order chi connectivity index (χ0) is 30.9. The molecule has 0 aromatic heterocycles. The third-order valence-electron chi connectivity index (χ3n) is 11.8. The number of benzene rings is 4. The van der Waals surface area contributed by atoms with Crippen molar-refractivity contribution in [3.05, 3.63) is 113 Å². The third-order valence-corrected chi connectivity index (χ3v) is 11.8. The fourth-order valence-electron chi connectivity index (χ4n) is 9.46. The Bertz CT molecular complexity index is 1590. The molecule has 0 heterocycles. The maximum atomic E-state index is 2.62. The van der Waals surface area contributed by atoms with Crippen molar-refractivity contribution in [3.63, 3.8) is 0 Å². The lowest BCUT2D eigenvalue weighted by atomic mass is 9.43. The Morgan fingerprint density at radius 3 is 1.62 bits per heavy atom. The summed E-state index contributed by atoms with van der Waals surface area (Å²) in [5.41, 5.74) is 15.1. The number of hydrogen-bond acceptors (Lipinski definition) is 1. The highest BCUT2D eigenvalue weighted by molar-refractivity contribution is 5.85. The van der Waals surface area contributed by atoms with E-state index in [0.29, 0.717) is 10.8 Å². The number of nitrogens with zero attached hydrogens (tertiary/aromatic N) is 1. The molecule has 45 heavy (non-hydrogen) atoms. The minimum absolute atomic E-state index is 0.299. The van der Waals surface area contributed by atoms with Crippen molar-refractivity contribution in [1.82, 2.24) is 0 Å². The summed E-state index contributed by atoms with van der Waals surface area (Å²) in [6, 6.07) is 33.7. The summed E-state index contributed by atoms with van der Waals surface area (Å²) in [6.07, 6.45) is 19.4. The van der Waals surface area contributed by atoms with E-state index >= 15 is 0 Å². The molecule has 1 heteroatoms. The summed E-state index contributed by atoms with van der Waals surface area (Å²) in [4.78, 5) is 2.57. The van der Waals surface area contributed by atoms with Crippen LogP contribution in [0.15, 0.2) is 84.9 Å². The third kappa shape index (κ3) is 5.35. The molecule has 4 aromatic carbocycles. The van der Waals surface area contributed by atoms with Gasteiger partial charge < -0.3 is 4.90 Å². The predicted octanol–water partition coefficient (Wildman–Crippen LogP) is 12.8. The van der Waals surface area contributed by atoms with Crippen LogP contribution in [0.3, 0.4) is 0 Å². The quantitative estimate of drug-likeness (QED) is 0.139. The molecule has 1 nitrogen and oxygen atoms in total. The van der Waals surface area contributed by atoms with Crippen LogP contribution >= 0.6 is 0 Å². The molecule has 2 saturated carbocycles. The highest BCUT2D eigenvalue weighted by atomic mass is 15.1. The zero-order valence-corrected chi connectivity index (χ0v) is 28.1. The molecule has 4 aromatic rings. The molecular formula is C44H53N. The van der Waals surface area contributed by atoms with Gasteiger partial charge in [0.15, 0.2) is 0 Å². The van der Waals surface area contributed by atoms with Gasteiger partial charge in [0, 0.05) is 27.9 Å². The maximum absolute atomic E-state index is 2.62. The fourth-order valence-corrected chi connectivity index (χ4v) is 9.46. The van der Waals surface area contributed by atoms with Gasteiger partial charge in [0.25, 0.3) is 0 Å². The van der Waals surface area contributed by atoms with E-state index in [1.165, 1.54) is 128 Å². The van der Waals surface area contributed by atoms with Gasteiger partial charge in [0.2, 0.25) is 0 Å². The van der Waals surface area contributed by atoms with E-state index < -0.39 is 0 Å². The Balaban J connectivity index is 1.32. The topological polar surface area (TPSA) is 3.24 Å². The van der Waals surface area contributed by atoms with E-state index in [-0.39, 0.29) is 0 Å². The number of aryl methyl sites for hydroxylation is 3. The minimum atomic E-state index is 0.299. The van der Waals surface area contributed by atoms with Crippen LogP contribution in [0.25, 0.3) is 11.1 Å². The van der Waals surface area contributed by atoms with Crippen LogP contribution < -0.4 is 4.90 Å². The van der Waals surface area contributed by atoms with Crippen molar-refractivity contribution in [3.8, 4) is 11.1 Å². The van der Waals surface area contributed by atoms with Gasteiger partial charge in [-0.3, -0.25) is 0 Å². The standard InChI is InChI=1S/C44H53N/c1-4-6-8-10-15-34-17-12-19-36(30-34)45(37-20-13-18-35(31-37)16-11-9-7-5-2)38-22-24-40-39-23-21-33(3)29-41(39)43-25-14-26-44(43,28-27-43)42(40)32-38/h12-13,17-24,29-32H,4-11,14-16,25-28H2,1-3H3/t43-,44+/m1/s1. The van der Waals surface area contributed by atoms with Crippen LogP contribution in [0.4, 0.5) is 17.1 Å². The Kier molecular flexibility index (Phi) is 8.64. The van der Waals surface area contributed by atoms with E-state index in [1.807, 2.05) is 0 Å². The molecule has 234 valence electrons. The summed E-state index contributed by atoms with van der Waals surface area (Å²) >= 11 is 0. The van der Waals surface area contributed by atoms with Gasteiger partial charge >= 0.3 is 0 Å². The summed E-state index contributed by atoms with van der Waals surface area (Å²) in [5, 5.41) is 0. The summed E-state index contributed by atoms with van der Waals surface area (Å²) in [7, 11) is 0. The van der Waals surface area contributed by atoms with Crippen LogP contribution in [0, 0.1) is 6.92 Å². The molecule has 7 rings (SSSR count). The average molecular weight is 596 g/mol. The Hall–Kier alpha value is -3.32. The Morgan fingerprint density at radius 2 is 1.07 bits per heavy atom. The molecule has 3 aliphatic carbocycles. The number of rotatable bonds is 13. The number of anilines is 3. The molecule has 3 aliphatic rings. The van der Waals surface area contributed by atoms with Crippen molar-refractivity contribution in [2.75, 3.05) is 4.90 Å². The van der Waals surface area contributed by atoms with Gasteiger partial charge in [-0.2, -0.15) is 0 Å². The van der Waals surface area contributed by atoms with Crippen LogP contribution in [-0.2, 0) is 23.7 Å². The highest BCUT2D eigenvalue weighted by Gasteiger charge is 2.65. The first-order valence-electron chi connectivity index (χ1n) is 18.3. The minimum Gasteiger partial charge on any atom is -0.310 e. The second-order valence-electron chi connectivity index (χ2n) is 14.6. The normalized spacial score (nSPS) is 21.0. The Labute approximate surface area is 273 Å². The highest BCUT2D eigenvalue weighted by Crippen LogP contribution is 2.72. The molecular weight excluding hydrogens is 542 g/mol. The predicted molar refractivity (Wildman–Crippen MR) is 193 cm³/mol. The molecule has 0 aliphatic heterocycles. The number of unbranched alkanes of at least 4 members (excludes halogenated alkanes) is 6. The van der Waals surface area contributed by atoms with Crippen LogP contribution in [0.2, 0.25) is 0 Å². The van der Waals surface area contributed by atoms with Crippen LogP contribution in [0.5, 0.6) is 0 Å². The second kappa shape index (κ2) is 12.8. The average Bonchev–Trinajstić information content (AvgIpc) is 3.34. The summed E-state index contributed by atoms with van der Waals surface area (Å²) in [5.74, 6) is 0. The van der Waals surface area contributed by atoms with Gasteiger partial charge in [0.1, 0.15) is 0 Å². The molecule has 0 N–H and O–H groups in total. The Morgan fingerprint density at radius 1 is 0.533 bits per heavy atom. The lowest BCUT2D eigenvalue weighted by Crippen LogP contribution is -2.56. The van der Waals surface area contributed by atoms with Gasteiger partial charge in [-0.05, 0) is 128 Å². The molecule has 0 bridgehead atoms. The largest absolute Gasteiger partial charge is 0.310 e. The lowest BCUT2D eigenvalue weighted by Gasteiger charge is -2.60. The maximum Gasteiger partial charge on any atom is 0.0465 e.